The van der Waals surface area contributed by atoms with E-state index in [1.54, 1.807) is 0 Å². The largest absolute Gasteiger partial charge is 0.369 e. The number of allylic oxidation sites excluding steroid dienone is 1. The highest BCUT2D eigenvalue weighted by Crippen LogP contribution is 2.19. The first-order valence-corrected chi connectivity index (χ1v) is 6.61. The number of aryl methyl sites for hydroxylation is 1. The lowest BCUT2D eigenvalue weighted by atomic mass is 10.1. The summed E-state index contributed by atoms with van der Waals surface area (Å²) < 4.78 is 0. The van der Waals surface area contributed by atoms with Crippen LogP contribution in [0.25, 0.3) is 16.7 Å². The summed E-state index contributed by atoms with van der Waals surface area (Å²) in [6, 6.07) is 8.34. The maximum Gasteiger partial charge on any atom is 0.162 e. The van der Waals surface area contributed by atoms with E-state index in [2.05, 4.69) is 51.5 Å². The third kappa shape index (κ3) is 2.59. The van der Waals surface area contributed by atoms with Gasteiger partial charge in [0, 0.05) is 30.4 Å². The molecule has 4 nitrogen and oxygen atoms in total. The van der Waals surface area contributed by atoms with Gasteiger partial charge >= 0.3 is 0 Å². The monoisotopic (exact) mass is 264 g/mol. The highest BCUT2D eigenvalue weighted by Gasteiger charge is 2.08. The first-order valence-electron chi connectivity index (χ1n) is 6.61. The van der Waals surface area contributed by atoms with E-state index in [1.165, 1.54) is 5.56 Å². The van der Waals surface area contributed by atoms with Crippen LogP contribution in [0.15, 0.2) is 47.9 Å². The topological polar surface area (TPSA) is 50.2 Å². The van der Waals surface area contributed by atoms with Crippen LogP contribution >= 0.6 is 0 Å². The number of hydrogen-bond donors (Lipinski definition) is 1. The fourth-order valence-corrected chi connectivity index (χ4v) is 1.98. The summed E-state index contributed by atoms with van der Waals surface area (Å²) >= 11 is 0. The van der Waals surface area contributed by atoms with Crippen molar-refractivity contribution in [2.24, 2.45) is 4.99 Å². The van der Waals surface area contributed by atoms with Crippen LogP contribution < -0.4 is 5.32 Å². The van der Waals surface area contributed by atoms with Crippen LogP contribution in [0, 0.1) is 6.92 Å². The van der Waals surface area contributed by atoms with Gasteiger partial charge in [0.15, 0.2) is 5.82 Å². The van der Waals surface area contributed by atoms with Gasteiger partial charge < -0.3 is 5.32 Å². The molecule has 1 aliphatic rings. The van der Waals surface area contributed by atoms with Gasteiger partial charge in [0.05, 0.1) is 5.57 Å². The number of benzene rings is 1. The second-order valence-electron chi connectivity index (χ2n) is 4.88. The number of nitrogens with zero attached hydrogens (tertiary/aromatic N) is 3. The molecule has 1 aromatic carbocycles. The summed E-state index contributed by atoms with van der Waals surface area (Å²) in [6.07, 6.45) is 7.52. The average Bonchev–Trinajstić information content (AvgIpc) is 2.49. The summed E-state index contributed by atoms with van der Waals surface area (Å²) in [4.78, 5) is 13.1. The Hall–Kier alpha value is -2.49. The van der Waals surface area contributed by atoms with Crippen molar-refractivity contribution < 1.29 is 0 Å². The van der Waals surface area contributed by atoms with Crippen LogP contribution in [-0.4, -0.2) is 22.3 Å². The molecule has 1 aliphatic heterocycles. The molecule has 4 heteroatoms. The molecule has 0 aliphatic carbocycles. The second-order valence-corrected chi connectivity index (χ2v) is 4.88. The van der Waals surface area contributed by atoms with Crippen LogP contribution in [0.5, 0.6) is 0 Å². The molecule has 0 bridgehead atoms. The lowest BCUT2D eigenvalue weighted by Crippen LogP contribution is -2.22. The molecule has 1 unspecified atom stereocenters. The van der Waals surface area contributed by atoms with Gasteiger partial charge in [-0.05, 0) is 19.4 Å². The summed E-state index contributed by atoms with van der Waals surface area (Å²) in [6.45, 7) is 4.07. The van der Waals surface area contributed by atoms with E-state index in [0.29, 0.717) is 5.82 Å². The zero-order valence-electron chi connectivity index (χ0n) is 11.5. The van der Waals surface area contributed by atoms with Crippen molar-refractivity contribution in [2.45, 2.75) is 20.0 Å². The minimum absolute atomic E-state index is 0.116. The molecule has 0 saturated carbocycles. The standard InChI is InChI=1S/C16H16N4/c1-11-3-5-13(6-4-11)14-7-19-16(20-8-14)15-9-17-12(2)18-10-15/h3-10,12,17H,1-2H3. The van der Waals surface area contributed by atoms with Crippen LogP contribution in [0.3, 0.4) is 0 Å². The van der Waals surface area contributed by atoms with Gasteiger partial charge in [0.2, 0.25) is 0 Å². The highest BCUT2D eigenvalue weighted by atomic mass is 15.1. The summed E-state index contributed by atoms with van der Waals surface area (Å²) in [5, 5.41) is 3.14. The fourth-order valence-electron chi connectivity index (χ4n) is 1.98. The Bertz CT molecular complexity index is 654. The molecule has 0 spiro atoms. The van der Waals surface area contributed by atoms with Gasteiger partial charge in [-0.1, -0.05) is 29.8 Å². The summed E-state index contributed by atoms with van der Waals surface area (Å²) in [5.74, 6) is 0.684. The third-order valence-corrected chi connectivity index (χ3v) is 3.21. The van der Waals surface area contributed by atoms with Gasteiger partial charge in [-0.25, -0.2) is 9.97 Å². The molecular formula is C16H16N4. The maximum absolute atomic E-state index is 4.42. The quantitative estimate of drug-likeness (QED) is 0.907. The van der Waals surface area contributed by atoms with Gasteiger partial charge in [-0.2, -0.15) is 0 Å². The lowest BCUT2D eigenvalue weighted by molar-refractivity contribution is 0.671. The fraction of sp³-hybridized carbons (Fsp3) is 0.188. The number of rotatable bonds is 2. The smallest absolute Gasteiger partial charge is 0.162 e. The Morgan fingerprint density at radius 2 is 1.70 bits per heavy atom. The molecule has 2 heterocycles. The van der Waals surface area contributed by atoms with Crippen molar-refractivity contribution in [2.75, 3.05) is 0 Å². The normalized spacial score (nSPS) is 17.5. The minimum atomic E-state index is 0.116. The van der Waals surface area contributed by atoms with E-state index in [1.807, 2.05) is 31.7 Å². The van der Waals surface area contributed by atoms with Crippen molar-refractivity contribution in [3.63, 3.8) is 0 Å². The van der Waals surface area contributed by atoms with Crippen LogP contribution in [0.4, 0.5) is 0 Å². The minimum Gasteiger partial charge on any atom is -0.369 e. The Balaban J connectivity index is 1.85. The van der Waals surface area contributed by atoms with E-state index in [4.69, 9.17) is 0 Å². The van der Waals surface area contributed by atoms with Crippen LogP contribution in [0.1, 0.15) is 18.3 Å². The third-order valence-electron chi connectivity index (χ3n) is 3.21. The maximum atomic E-state index is 4.42. The van der Waals surface area contributed by atoms with Crippen molar-refractivity contribution in [1.82, 2.24) is 15.3 Å². The molecule has 0 fully saturated rings. The van der Waals surface area contributed by atoms with Gasteiger partial charge in [-0.15, -0.1) is 0 Å². The average molecular weight is 264 g/mol. The van der Waals surface area contributed by atoms with Gasteiger partial charge in [-0.3, -0.25) is 4.99 Å². The number of aromatic nitrogens is 2. The van der Waals surface area contributed by atoms with Gasteiger partial charge in [0.25, 0.3) is 0 Å². The van der Waals surface area contributed by atoms with Crippen molar-refractivity contribution in [3.05, 3.63) is 54.2 Å². The Kier molecular flexibility index (Phi) is 3.29. The zero-order chi connectivity index (χ0) is 13.9. The number of hydrogen-bond acceptors (Lipinski definition) is 4. The van der Waals surface area contributed by atoms with E-state index >= 15 is 0 Å². The molecule has 0 amide bonds. The first kappa shape index (κ1) is 12.5. The summed E-state index contributed by atoms with van der Waals surface area (Å²) in [7, 11) is 0. The van der Waals surface area contributed by atoms with Crippen LogP contribution in [-0.2, 0) is 0 Å². The Morgan fingerprint density at radius 1 is 1.00 bits per heavy atom. The summed E-state index contributed by atoms with van der Waals surface area (Å²) in [5.41, 5.74) is 4.29. The predicted octanol–water partition coefficient (Wildman–Crippen LogP) is 2.81. The molecule has 20 heavy (non-hydrogen) atoms. The SMILES string of the molecule is Cc1ccc(-c2cnc(C3=CNC(C)N=C3)nc2)cc1. The molecule has 0 radical (unpaired) electrons. The number of nitrogens with one attached hydrogen (secondary N) is 1. The second kappa shape index (κ2) is 5.25. The molecule has 2 aromatic rings. The molecule has 1 atom stereocenters. The molecule has 3 rings (SSSR count). The van der Waals surface area contributed by atoms with Crippen molar-refractivity contribution in [3.8, 4) is 11.1 Å². The zero-order valence-corrected chi connectivity index (χ0v) is 11.5. The molecule has 0 saturated heterocycles. The Labute approximate surface area is 118 Å². The molecule has 1 aromatic heterocycles. The van der Waals surface area contributed by atoms with Gasteiger partial charge in [0.1, 0.15) is 6.17 Å². The van der Waals surface area contributed by atoms with E-state index in [9.17, 15) is 0 Å². The lowest BCUT2D eigenvalue weighted by Gasteiger charge is -2.13. The molecule has 100 valence electrons. The molecule has 1 N–H and O–H groups in total. The highest BCUT2D eigenvalue weighted by molar-refractivity contribution is 6.08. The number of aliphatic imine (C=N–C) groups is 1. The predicted molar refractivity (Wildman–Crippen MR) is 81.3 cm³/mol. The van der Waals surface area contributed by atoms with Crippen molar-refractivity contribution >= 4 is 11.8 Å². The first-order chi connectivity index (χ1) is 9.72. The van der Waals surface area contributed by atoms with E-state index in [-0.39, 0.29) is 6.17 Å². The van der Waals surface area contributed by atoms with E-state index in [0.717, 1.165) is 16.7 Å². The van der Waals surface area contributed by atoms with E-state index < -0.39 is 0 Å². The molecular weight excluding hydrogens is 248 g/mol. The van der Waals surface area contributed by atoms with Crippen molar-refractivity contribution in [1.29, 1.82) is 0 Å². The Morgan fingerprint density at radius 3 is 2.30 bits per heavy atom. The van der Waals surface area contributed by atoms with Crippen LogP contribution in [0.2, 0.25) is 0 Å².